The molecule has 2 unspecified atom stereocenters. The second-order valence-electron chi connectivity index (χ2n) is 10.00. The number of phenolic OH excluding ortho intramolecular Hbond substituents is 1. The number of carbonyl (C=O) groups excluding carboxylic acids is 3. The van der Waals surface area contributed by atoms with Crippen LogP contribution in [-0.2, 0) is 14.3 Å². The van der Waals surface area contributed by atoms with Crippen molar-refractivity contribution in [3.8, 4) is 5.75 Å². The average molecular weight is 482 g/mol. The summed E-state index contributed by atoms with van der Waals surface area (Å²) in [5.41, 5.74) is 1.41. The summed E-state index contributed by atoms with van der Waals surface area (Å²) in [6.45, 7) is 8.72. The van der Waals surface area contributed by atoms with E-state index in [1.165, 1.54) is 12.1 Å². The second-order valence-corrected chi connectivity index (χ2v) is 10.00. The first-order valence-corrected chi connectivity index (χ1v) is 11.9. The van der Waals surface area contributed by atoms with Gasteiger partial charge in [-0.05, 0) is 83.2 Å². The highest BCUT2D eigenvalue weighted by Crippen LogP contribution is 2.35. The summed E-state index contributed by atoms with van der Waals surface area (Å²) < 4.78 is 5.31. The topological polar surface area (TPSA) is 108 Å². The lowest BCUT2D eigenvalue weighted by molar-refractivity contribution is -0.145. The van der Waals surface area contributed by atoms with Gasteiger partial charge in [0, 0.05) is 11.7 Å². The molecule has 1 aliphatic carbocycles. The van der Waals surface area contributed by atoms with Crippen LogP contribution in [0.2, 0.25) is 0 Å². The van der Waals surface area contributed by atoms with Gasteiger partial charge in [0.1, 0.15) is 23.4 Å². The normalized spacial score (nSPS) is 15.3. The quantitative estimate of drug-likeness (QED) is 0.532. The number of benzene rings is 2. The number of aryl methyl sites for hydroxylation is 1. The third-order valence-corrected chi connectivity index (χ3v) is 5.96. The average Bonchev–Trinajstić information content (AvgIpc) is 2.73. The number of aromatic hydroxyl groups is 1. The molecule has 0 heterocycles. The van der Waals surface area contributed by atoms with Crippen LogP contribution in [0.3, 0.4) is 0 Å². The van der Waals surface area contributed by atoms with E-state index < -0.39 is 23.8 Å². The fraction of sp³-hybridized carbons (Fsp3) is 0.444. The predicted molar refractivity (Wildman–Crippen MR) is 134 cm³/mol. The summed E-state index contributed by atoms with van der Waals surface area (Å²) in [5.74, 6) is -0.679. The maximum absolute atomic E-state index is 13.7. The Morgan fingerprint density at radius 2 is 1.69 bits per heavy atom. The minimum absolute atomic E-state index is 0.0632. The van der Waals surface area contributed by atoms with Gasteiger partial charge >= 0.3 is 6.09 Å². The number of nitrogens with one attached hydrogen (secondary N) is 2. The van der Waals surface area contributed by atoms with Crippen molar-refractivity contribution >= 4 is 23.6 Å². The lowest BCUT2D eigenvalue weighted by Crippen LogP contribution is -2.56. The van der Waals surface area contributed by atoms with Gasteiger partial charge < -0.3 is 25.4 Å². The first-order valence-electron chi connectivity index (χ1n) is 11.9. The molecule has 2 atom stereocenters. The smallest absolute Gasteiger partial charge is 0.408 e. The van der Waals surface area contributed by atoms with Gasteiger partial charge in [-0.15, -0.1) is 0 Å². The monoisotopic (exact) mass is 481 g/mol. The Morgan fingerprint density at radius 1 is 1.06 bits per heavy atom. The molecule has 0 spiro atoms. The number of para-hydroxylation sites is 1. The Hall–Kier alpha value is -3.55. The molecular formula is C27H35N3O5. The Labute approximate surface area is 206 Å². The molecule has 2 aromatic rings. The standard InChI is InChI=1S/C27H35N3O5/c1-17-9-6-7-12-22(17)29-24(32)23(19-13-15-21(31)16-14-19)30(20-10-8-11-20)25(33)18(2)28-26(34)35-27(3,4)5/h6-7,9,12-16,18,20,23,31H,8,10-11H2,1-5H3,(H,28,34)(H,29,32). The van der Waals surface area contributed by atoms with Crippen molar-refractivity contribution in [2.24, 2.45) is 0 Å². The first kappa shape index (κ1) is 26.1. The summed E-state index contributed by atoms with van der Waals surface area (Å²) in [7, 11) is 0. The Bertz CT molecular complexity index is 1060. The van der Waals surface area contributed by atoms with E-state index in [9.17, 15) is 19.5 Å². The molecular weight excluding hydrogens is 446 g/mol. The van der Waals surface area contributed by atoms with Crippen molar-refractivity contribution in [2.45, 2.75) is 77.6 Å². The van der Waals surface area contributed by atoms with Gasteiger partial charge in [-0.2, -0.15) is 0 Å². The SMILES string of the molecule is Cc1ccccc1NC(=O)C(c1ccc(O)cc1)N(C(=O)C(C)NC(=O)OC(C)(C)C)C1CCC1. The number of hydrogen-bond donors (Lipinski definition) is 3. The number of phenols is 1. The second kappa shape index (κ2) is 10.8. The zero-order chi connectivity index (χ0) is 25.8. The lowest BCUT2D eigenvalue weighted by atomic mass is 9.88. The maximum atomic E-state index is 13.7. The van der Waals surface area contributed by atoms with Gasteiger partial charge in [-0.1, -0.05) is 30.3 Å². The Morgan fingerprint density at radius 3 is 2.23 bits per heavy atom. The molecule has 3 amide bonds. The largest absolute Gasteiger partial charge is 0.508 e. The molecule has 35 heavy (non-hydrogen) atoms. The van der Waals surface area contributed by atoms with E-state index in [4.69, 9.17) is 4.74 Å². The fourth-order valence-corrected chi connectivity index (χ4v) is 3.96. The van der Waals surface area contributed by atoms with E-state index >= 15 is 0 Å². The van der Waals surface area contributed by atoms with Crippen LogP contribution >= 0.6 is 0 Å². The third-order valence-electron chi connectivity index (χ3n) is 5.96. The highest BCUT2D eigenvalue weighted by Gasteiger charge is 2.41. The number of rotatable bonds is 7. The van der Waals surface area contributed by atoms with Crippen molar-refractivity contribution < 1.29 is 24.2 Å². The van der Waals surface area contributed by atoms with Gasteiger partial charge in [0.25, 0.3) is 5.91 Å². The molecule has 0 bridgehead atoms. The first-order chi connectivity index (χ1) is 16.5. The van der Waals surface area contributed by atoms with Crippen LogP contribution in [0, 0.1) is 6.92 Å². The van der Waals surface area contributed by atoms with E-state index in [0.717, 1.165) is 24.8 Å². The van der Waals surface area contributed by atoms with E-state index in [-0.39, 0.29) is 23.6 Å². The molecule has 8 heteroatoms. The molecule has 0 aromatic heterocycles. The molecule has 3 rings (SSSR count). The lowest BCUT2D eigenvalue weighted by Gasteiger charge is -2.43. The van der Waals surface area contributed by atoms with Crippen molar-refractivity contribution in [3.05, 3.63) is 59.7 Å². The minimum atomic E-state index is -0.948. The predicted octanol–water partition coefficient (Wildman–Crippen LogP) is 4.67. The van der Waals surface area contributed by atoms with Gasteiger partial charge in [0.2, 0.25) is 5.91 Å². The Kier molecular flexibility index (Phi) is 8.04. The van der Waals surface area contributed by atoms with Crippen LogP contribution in [0.1, 0.15) is 64.1 Å². The number of carbonyl (C=O) groups is 3. The number of alkyl carbamates (subject to hydrolysis) is 1. The molecule has 1 aliphatic rings. The van der Waals surface area contributed by atoms with Crippen LogP contribution < -0.4 is 10.6 Å². The summed E-state index contributed by atoms with van der Waals surface area (Å²) >= 11 is 0. The van der Waals surface area contributed by atoms with E-state index in [2.05, 4.69) is 10.6 Å². The van der Waals surface area contributed by atoms with E-state index in [1.54, 1.807) is 44.7 Å². The number of amides is 3. The van der Waals surface area contributed by atoms with Crippen molar-refractivity contribution in [3.63, 3.8) is 0 Å². The molecule has 1 fully saturated rings. The van der Waals surface area contributed by atoms with E-state index in [1.807, 2.05) is 31.2 Å². The van der Waals surface area contributed by atoms with Gasteiger partial charge in [0.15, 0.2) is 0 Å². The zero-order valence-corrected chi connectivity index (χ0v) is 21.0. The minimum Gasteiger partial charge on any atom is -0.508 e. The molecule has 0 aliphatic heterocycles. The maximum Gasteiger partial charge on any atom is 0.408 e. The molecule has 2 aromatic carbocycles. The zero-order valence-electron chi connectivity index (χ0n) is 21.0. The van der Waals surface area contributed by atoms with Gasteiger partial charge in [-0.3, -0.25) is 9.59 Å². The number of nitrogens with zero attached hydrogens (tertiary/aromatic N) is 1. The van der Waals surface area contributed by atoms with Gasteiger partial charge in [-0.25, -0.2) is 4.79 Å². The third kappa shape index (κ3) is 6.74. The molecule has 3 N–H and O–H groups in total. The van der Waals surface area contributed by atoms with Crippen LogP contribution in [-0.4, -0.2) is 45.6 Å². The van der Waals surface area contributed by atoms with Gasteiger partial charge in [0.05, 0.1) is 0 Å². The van der Waals surface area contributed by atoms with Crippen molar-refractivity contribution in [2.75, 3.05) is 5.32 Å². The molecule has 1 saturated carbocycles. The van der Waals surface area contributed by atoms with Crippen LogP contribution in [0.4, 0.5) is 10.5 Å². The number of anilines is 1. The van der Waals surface area contributed by atoms with Crippen LogP contribution in [0.25, 0.3) is 0 Å². The molecule has 0 saturated heterocycles. The highest BCUT2D eigenvalue weighted by molar-refractivity contribution is 5.99. The molecule has 188 valence electrons. The molecule has 0 radical (unpaired) electrons. The fourth-order valence-electron chi connectivity index (χ4n) is 3.96. The Balaban J connectivity index is 1.94. The summed E-state index contributed by atoms with van der Waals surface area (Å²) in [6, 6.07) is 11.7. The van der Waals surface area contributed by atoms with Crippen LogP contribution in [0.15, 0.2) is 48.5 Å². The number of ether oxygens (including phenoxy) is 1. The van der Waals surface area contributed by atoms with Crippen molar-refractivity contribution in [1.29, 1.82) is 0 Å². The van der Waals surface area contributed by atoms with E-state index in [0.29, 0.717) is 11.3 Å². The summed E-state index contributed by atoms with van der Waals surface area (Å²) in [6.07, 6.45) is 1.77. The number of hydrogen-bond acceptors (Lipinski definition) is 5. The summed E-state index contributed by atoms with van der Waals surface area (Å²) in [4.78, 5) is 41.3. The van der Waals surface area contributed by atoms with Crippen molar-refractivity contribution in [1.82, 2.24) is 10.2 Å². The molecule has 8 nitrogen and oxygen atoms in total. The highest BCUT2D eigenvalue weighted by atomic mass is 16.6. The summed E-state index contributed by atoms with van der Waals surface area (Å²) in [5, 5.41) is 15.4. The van der Waals surface area contributed by atoms with Crippen LogP contribution in [0.5, 0.6) is 5.75 Å².